The van der Waals surface area contributed by atoms with Crippen molar-refractivity contribution >= 4 is 27.2 Å². The number of anilines is 1. The first-order valence-corrected chi connectivity index (χ1v) is 11.3. The van der Waals surface area contributed by atoms with Crippen LogP contribution in [0.2, 0.25) is 0 Å². The molecule has 0 radical (unpaired) electrons. The number of phenolic OH excluding ortho intramolecular Hbond substituents is 2. The molecule has 1 aliphatic rings. The van der Waals surface area contributed by atoms with E-state index in [1.165, 1.54) is 24.3 Å². The van der Waals surface area contributed by atoms with Crippen molar-refractivity contribution in [2.24, 2.45) is 0 Å². The number of nitrogens with one attached hydrogen (secondary N) is 3. The Balaban J connectivity index is 1.58. The molecule has 0 bridgehead atoms. The van der Waals surface area contributed by atoms with Crippen molar-refractivity contribution in [3.05, 3.63) is 89.6 Å². The van der Waals surface area contributed by atoms with Crippen molar-refractivity contribution in [1.82, 2.24) is 10.6 Å². The van der Waals surface area contributed by atoms with Crippen molar-refractivity contribution < 1.29 is 23.4 Å². The standard InChI is InChI=1S/C23H21N3O5S/c27-21-9-6-15(10-22(21)28)12-24-14-20-19-11-17(8-7-16(19)13-25-23(20)29)26-32(30,31)18-4-2-1-3-5-18/h1-11,14,24,26-28H,12-13H2,(H,25,29)/b20-14-. The van der Waals surface area contributed by atoms with E-state index in [0.29, 0.717) is 35.5 Å². The van der Waals surface area contributed by atoms with Gasteiger partial charge in [-0.2, -0.15) is 0 Å². The molecule has 5 N–H and O–H groups in total. The zero-order valence-electron chi connectivity index (χ0n) is 16.9. The molecule has 1 aliphatic heterocycles. The molecule has 4 rings (SSSR count). The highest BCUT2D eigenvalue weighted by molar-refractivity contribution is 7.92. The van der Waals surface area contributed by atoms with Crippen molar-refractivity contribution in [2.75, 3.05) is 4.72 Å². The monoisotopic (exact) mass is 451 g/mol. The topological polar surface area (TPSA) is 128 Å². The predicted molar refractivity (Wildman–Crippen MR) is 120 cm³/mol. The highest BCUT2D eigenvalue weighted by atomic mass is 32.2. The van der Waals surface area contributed by atoms with Gasteiger partial charge in [-0.15, -0.1) is 0 Å². The van der Waals surface area contributed by atoms with E-state index >= 15 is 0 Å². The van der Waals surface area contributed by atoms with Gasteiger partial charge in [-0.1, -0.05) is 30.3 Å². The maximum absolute atomic E-state index is 12.6. The van der Waals surface area contributed by atoms with Crippen LogP contribution in [0.15, 0.2) is 77.8 Å². The summed E-state index contributed by atoms with van der Waals surface area (Å²) in [6, 6.07) is 17.5. The average molecular weight is 452 g/mol. The number of rotatable bonds is 6. The van der Waals surface area contributed by atoms with E-state index in [9.17, 15) is 23.4 Å². The zero-order valence-corrected chi connectivity index (χ0v) is 17.7. The lowest BCUT2D eigenvalue weighted by Crippen LogP contribution is -2.30. The van der Waals surface area contributed by atoms with Gasteiger partial charge >= 0.3 is 0 Å². The number of sulfonamides is 1. The predicted octanol–water partition coefficient (Wildman–Crippen LogP) is 2.66. The molecule has 0 spiro atoms. The summed E-state index contributed by atoms with van der Waals surface area (Å²) in [7, 11) is -3.76. The van der Waals surface area contributed by atoms with Crippen molar-refractivity contribution in [3.8, 4) is 11.5 Å². The van der Waals surface area contributed by atoms with Gasteiger partial charge in [0.25, 0.3) is 15.9 Å². The maximum atomic E-state index is 12.6. The quantitative estimate of drug-likeness (QED) is 0.290. The second kappa shape index (κ2) is 8.64. The van der Waals surface area contributed by atoms with Gasteiger partial charge in [0, 0.05) is 25.0 Å². The van der Waals surface area contributed by atoms with Gasteiger partial charge in [-0.3, -0.25) is 9.52 Å². The molecule has 3 aromatic carbocycles. The summed E-state index contributed by atoms with van der Waals surface area (Å²) in [5.74, 6) is -0.729. The number of phenols is 2. The number of carbonyl (C=O) groups is 1. The van der Waals surface area contributed by atoms with Gasteiger partial charge in [0.2, 0.25) is 0 Å². The van der Waals surface area contributed by atoms with E-state index in [2.05, 4.69) is 15.4 Å². The summed E-state index contributed by atoms with van der Waals surface area (Å²) in [4.78, 5) is 12.6. The van der Waals surface area contributed by atoms with Gasteiger partial charge in [0.15, 0.2) is 11.5 Å². The smallest absolute Gasteiger partial charge is 0.261 e. The Hall–Kier alpha value is -3.98. The fourth-order valence-electron chi connectivity index (χ4n) is 3.34. The van der Waals surface area contributed by atoms with Crippen LogP contribution < -0.4 is 15.4 Å². The van der Waals surface area contributed by atoms with Crippen LogP contribution in [0.5, 0.6) is 11.5 Å². The Morgan fingerprint density at radius 3 is 2.50 bits per heavy atom. The third-order valence-electron chi connectivity index (χ3n) is 4.98. The lowest BCUT2D eigenvalue weighted by molar-refractivity contribution is -0.116. The fraction of sp³-hybridized carbons (Fsp3) is 0.0870. The molecule has 1 heterocycles. The lowest BCUT2D eigenvalue weighted by atomic mass is 9.95. The Labute approximate surface area is 185 Å². The number of aromatic hydroxyl groups is 2. The van der Waals surface area contributed by atoms with Gasteiger partial charge in [-0.05, 0) is 53.1 Å². The van der Waals surface area contributed by atoms with Gasteiger partial charge in [0.05, 0.1) is 10.5 Å². The minimum Gasteiger partial charge on any atom is -0.504 e. The first kappa shape index (κ1) is 21.3. The zero-order chi connectivity index (χ0) is 22.7. The first-order valence-electron chi connectivity index (χ1n) is 9.77. The third kappa shape index (κ3) is 4.52. The molecule has 0 atom stereocenters. The summed E-state index contributed by atoms with van der Waals surface area (Å²) in [5, 5.41) is 24.8. The molecule has 0 saturated carbocycles. The van der Waals surface area contributed by atoms with Crippen molar-refractivity contribution in [2.45, 2.75) is 18.0 Å². The Morgan fingerprint density at radius 2 is 1.75 bits per heavy atom. The normalized spacial score (nSPS) is 14.5. The molecule has 164 valence electrons. The van der Waals surface area contributed by atoms with Gasteiger partial charge in [0.1, 0.15) is 0 Å². The molecule has 0 aromatic heterocycles. The van der Waals surface area contributed by atoms with E-state index in [1.807, 2.05) is 0 Å². The van der Waals surface area contributed by atoms with Crippen LogP contribution in [0, 0.1) is 0 Å². The second-order valence-electron chi connectivity index (χ2n) is 7.24. The molecular weight excluding hydrogens is 430 g/mol. The minimum absolute atomic E-state index is 0.144. The van der Waals surface area contributed by atoms with Crippen LogP contribution in [0.4, 0.5) is 5.69 Å². The number of benzene rings is 3. The minimum atomic E-state index is -3.76. The molecule has 9 heteroatoms. The molecule has 1 amide bonds. The van der Waals surface area contributed by atoms with Crippen LogP contribution in [-0.2, 0) is 27.9 Å². The summed E-state index contributed by atoms with van der Waals surface area (Å²) in [6.45, 7) is 0.642. The highest BCUT2D eigenvalue weighted by Gasteiger charge is 2.22. The van der Waals surface area contributed by atoms with Crippen LogP contribution in [0.25, 0.3) is 5.57 Å². The van der Waals surface area contributed by atoms with E-state index in [4.69, 9.17) is 0 Å². The van der Waals surface area contributed by atoms with E-state index in [-0.39, 0.29) is 22.3 Å². The SMILES string of the molecule is O=C1NCc2ccc(NS(=O)(=O)c3ccccc3)cc2/C1=C/NCc1ccc(O)c(O)c1. The van der Waals surface area contributed by atoms with Gasteiger partial charge in [-0.25, -0.2) is 8.42 Å². The van der Waals surface area contributed by atoms with Crippen molar-refractivity contribution in [3.63, 3.8) is 0 Å². The number of amides is 1. The van der Waals surface area contributed by atoms with Crippen molar-refractivity contribution in [1.29, 1.82) is 0 Å². The molecule has 0 saturated heterocycles. The summed E-state index contributed by atoms with van der Waals surface area (Å²) >= 11 is 0. The molecule has 0 fully saturated rings. The molecule has 32 heavy (non-hydrogen) atoms. The Kier molecular flexibility index (Phi) is 5.74. The number of hydrogen-bond acceptors (Lipinski definition) is 6. The molecule has 8 nitrogen and oxygen atoms in total. The van der Waals surface area contributed by atoms with Crippen LogP contribution >= 0.6 is 0 Å². The molecule has 0 aliphatic carbocycles. The number of fused-ring (bicyclic) bond motifs is 1. The van der Waals surface area contributed by atoms with Crippen LogP contribution in [0.3, 0.4) is 0 Å². The Morgan fingerprint density at radius 1 is 0.969 bits per heavy atom. The average Bonchev–Trinajstić information content (AvgIpc) is 2.78. The lowest BCUT2D eigenvalue weighted by Gasteiger charge is -2.21. The van der Waals surface area contributed by atoms with E-state index < -0.39 is 10.0 Å². The molecule has 3 aromatic rings. The van der Waals surface area contributed by atoms with Gasteiger partial charge < -0.3 is 20.8 Å². The Bertz CT molecular complexity index is 1300. The maximum Gasteiger partial charge on any atom is 0.261 e. The summed E-state index contributed by atoms with van der Waals surface area (Å²) < 4.78 is 27.8. The summed E-state index contributed by atoms with van der Waals surface area (Å²) in [5.41, 5.74) is 2.87. The largest absolute Gasteiger partial charge is 0.504 e. The van der Waals surface area contributed by atoms with E-state index in [1.54, 1.807) is 48.7 Å². The number of hydrogen-bond donors (Lipinski definition) is 5. The molecular formula is C23H21N3O5S. The first-order chi connectivity index (χ1) is 15.3. The van der Waals surface area contributed by atoms with E-state index in [0.717, 1.165) is 5.56 Å². The second-order valence-corrected chi connectivity index (χ2v) is 8.92. The van der Waals surface area contributed by atoms with Crippen LogP contribution in [0.1, 0.15) is 16.7 Å². The number of carbonyl (C=O) groups excluding carboxylic acids is 1. The van der Waals surface area contributed by atoms with Crippen LogP contribution in [-0.4, -0.2) is 24.5 Å². The third-order valence-corrected chi connectivity index (χ3v) is 6.38. The molecule has 0 unspecified atom stereocenters. The highest BCUT2D eigenvalue weighted by Crippen LogP contribution is 2.28. The summed E-state index contributed by atoms with van der Waals surface area (Å²) in [6.07, 6.45) is 1.55. The fourth-order valence-corrected chi connectivity index (χ4v) is 4.42.